The minimum Gasteiger partial charge on any atom is -0.367 e. The molecule has 1 heterocycles. The Balaban J connectivity index is 0.00000364. The van der Waals surface area contributed by atoms with Gasteiger partial charge in [-0.2, -0.15) is 0 Å². The van der Waals surface area contributed by atoms with Gasteiger partial charge in [0, 0.05) is 18.8 Å². The molecule has 2 atom stereocenters. The van der Waals surface area contributed by atoms with Crippen molar-refractivity contribution in [1.29, 1.82) is 0 Å². The molecule has 0 radical (unpaired) electrons. The summed E-state index contributed by atoms with van der Waals surface area (Å²) in [7, 11) is -3.04. The van der Waals surface area contributed by atoms with Crippen LogP contribution >= 0.6 is 24.0 Å². The minimum atomic E-state index is -3.04. The van der Waals surface area contributed by atoms with Gasteiger partial charge < -0.3 is 15.0 Å². The van der Waals surface area contributed by atoms with E-state index in [2.05, 4.69) is 15.2 Å². The Morgan fingerprint density at radius 2 is 1.96 bits per heavy atom. The molecule has 0 amide bonds. The van der Waals surface area contributed by atoms with E-state index in [9.17, 15) is 12.8 Å². The molecule has 0 spiro atoms. The van der Waals surface area contributed by atoms with Gasteiger partial charge in [-0.25, -0.2) is 12.8 Å². The topological polar surface area (TPSA) is 71.0 Å². The molecule has 1 aliphatic heterocycles. The first-order chi connectivity index (χ1) is 12.3. The van der Waals surface area contributed by atoms with Gasteiger partial charge in [-0.1, -0.05) is 19.1 Å². The number of nitrogens with one attached hydrogen (secondary N) is 1. The SMILES string of the molecule is CCNC(=NCCS(=O)(=O)CC)N1CC(C)OC(c2ccc(F)cc2)C1.I. The molecule has 1 N–H and O–H groups in total. The van der Waals surface area contributed by atoms with Crippen LogP contribution in [0.1, 0.15) is 32.4 Å². The van der Waals surface area contributed by atoms with Crippen molar-refractivity contribution in [2.45, 2.75) is 33.0 Å². The summed E-state index contributed by atoms with van der Waals surface area (Å²) in [4.78, 5) is 6.56. The summed E-state index contributed by atoms with van der Waals surface area (Å²) in [6, 6.07) is 6.32. The maximum atomic E-state index is 13.2. The Kier molecular flexibility index (Phi) is 9.96. The number of hydrogen-bond acceptors (Lipinski definition) is 4. The van der Waals surface area contributed by atoms with Crippen LogP contribution in [0.2, 0.25) is 0 Å². The van der Waals surface area contributed by atoms with Crippen molar-refractivity contribution in [2.24, 2.45) is 4.99 Å². The third-order valence-electron chi connectivity index (χ3n) is 4.24. The van der Waals surface area contributed by atoms with E-state index in [0.29, 0.717) is 25.6 Å². The van der Waals surface area contributed by atoms with Gasteiger partial charge in [0.1, 0.15) is 11.9 Å². The molecule has 1 aromatic carbocycles. The Labute approximate surface area is 178 Å². The summed E-state index contributed by atoms with van der Waals surface area (Å²) < 4.78 is 42.5. The molecular weight excluding hydrogens is 484 g/mol. The molecule has 9 heteroatoms. The second-order valence-electron chi connectivity index (χ2n) is 6.36. The van der Waals surface area contributed by atoms with Crippen LogP contribution in [0.25, 0.3) is 0 Å². The van der Waals surface area contributed by atoms with Crippen molar-refractivity contribution in [3.8, 4) is 0 Å². The standard InChI is InChI=1S/C18H28FN3O3S.HI/c1-4-20-18(21-10-11-26(23,24)5-2)22-12-14(3)25-17(13-22)15-6-8-16(19)9-7-15;/h6-9,14,17H,4-5,10-13H2,1-3H3,(H,20,21);1H. The summed E-state index contributed by atoms with van der Waals surface area (Å²) in [5.41, 5.74) is 0.910. The highest BCUT2D eigenvalue weighted by atomic mass is 127. The Morgan fingerprint density at radius 3 is 2.56 bits per heavy atom. The summed E-state index contributed by atoms with van der Waals surface area (Å²) >= 11 is 0. The van der Waals surface area contributed by atoms with E-state index in [-0.39, 0.29) is 60.1 Å². The van der Waals surface area contributed by atoms with Crippen molar-refractivity contribution in [1.82, 2.24) is 10.2 Å². The number of nitrogens with zero attached hydrogens (tertiary/aromatic N) is 2. The monoisotopic (exact) mass is 513 g/mol. The van der Waals surface area contributed by atoms with Crippen molar-refractivity contribution in [2.75, 3.05) is 37.7 Å². The highest BCUT2D eigenvalue weighted by Crippen LogP contribution is 2.25. The number of rotatable bonds is 6. The number of benzene rings is 1. The minimum absolute atomic E-state index is 0. The van der Waals surface area contributed by atoms with Gasteiger partial charge in [0.25, 0.3) is 0 Å². The maximum Gasteiger partial charge on any atom is 0.194 e. The average molecular weight is 513 g/mol. The zero-order chi connectivity index (χ0) is 19.2. The van der Waals surface area contributed by atoms with Crippen LogP contribution in [0, 0.1) is 5.82 Å². The fourth-order valence-electron chi connectivity index (χ4n) is 2.85. The molecule has 6 nitrogen and oxygen atoms in total. The van der Waals surface area contributed by atoms with Crippen molar-refractivity contribution in [3.05, 3.63) is 35.6 Å². The Bertz CT molecular complexity index is 713. The molecule has 0 saturated carbocycles. The summed E-state index contributed by atoms with van der Waals surface area (Å²) in [5, 5.41) is 3.22. The number of guanidine groups is 1. The van der Waals surface area contributed by atoms with Gasteiger partial charge in [-0.15, -0.1) is 24.0 Å². The molecule has 0 aliphatic carbocycles. The van der Waals surface area contributed by atoms with Gasteiger partial charge in [0.2, 0.25) is 0 Å². The lowest BCUT2D eigenvalue weighted by Crippen LogP contribution is -2.50. The quantitative estimate of drug-likeness (QED) is 0.360. The first-order valence-electron chi connectivity index (χ1n) is 8.99. The number of hydrogen-bond donors (Lipinski definition) is 1. The van der Waals surface area contributed by atoms with E-state index in [0.717, 1.165) is 5.56 Å². The normalized spacial score (nSPS) is 20.9. The summed E-state index contributed by atoms with van der Waals surface area (Å²) in [6.07, 6.45) is -0.218. The van der Waals surface area contributed by atoms with E-state index >= 15 is 0 Å². The van der Waals surface area contributed by atoms with Crippen molar-refractivity contribution >= 4 is 39.8 Å². The molecular formula is C18H29FIN3O3S. The summed E-state index contributed by atoms with van der Waals surface area (Å²) in [5.74, 6) is 0.572. The first kappa shape index (κ1) is 24.1. The number of ether oxygens (including phenoxy) is 1. The van der Waals surface area contributed by atoms with E-state index in [1.807, 2.05) is 13.8 Å². The van der Waals surface area contributed by atoms with Crippen LogP contribution in [-0.2, 0) is 14.6 Å². The van der Waals surface area contributed by atoms with E-state index in [1.165, 1.54) is 12.1 Å². The van der Waals surface area contributed by atoms with Crippen LogP contribution in [0.4, 0.5) is 4.39 Å². The van der Waals surface area contributed by atoms with Gasteiger partial charge >= 0.3 is 0 Å². The second-order valence-corrected chi connectivity index (χ2v) is 8.84. The van der Waals surface area contributed by atoms with Crippen molar-refractivity contribution in [3.63, 3.8) is 0 Å². The Morgan fingerprint density at radius 1 is 1.30 bits per heavy atom. The maximum absolute atomic E-state index is 13.2. The van der Waals surface area contributed by atoms with Crippen LogP contribution < -0.4 is 5.32 Å². The van der Waals surface area contributed by atoms with Crippen LogP contribution in [0.5, 0.6) is 0 Å². The molecule has 0 bridgehead atoms. The third-order valence-corrected chi connectivity index (χ3v) is 5.92. The number of halogens is 2. The molecule has 0 aromatic heterocycles. The van der Waals surface area contributed by atoms with Crippen LogP contribution in [0.15, 0.2) is 29.3 Å². The number of sulfone groups is 1. The number of morpholine rings is 1. The second kappa shape index (κ2) is 11.2. The largest absolute Gasteiger partial charge is 0.367 e. The molecule has 27 heavy (non-hydrogen) atoms. The molecule has 1 saturated heterocycles. The highest BCUT2D eigenvalue weighted by molar-refractivity contribution is 14.0. The lowest BCUT2D eigenvalue weighted by molar-refractivity contribution is -0.0605. The van der Waals surface area contributed by atoms with E-state index in [4.69, 9.17) is 4.74 Å². The fourth-order valence-corrected chi connectivity index (χ4v) is 3.50. The highest BCUT2D eigenvalue weighted by Gasteiger charge is 2.28. The van der Waals surface area contributed by atoms with Gasteiger partial charge in [-0.05, 0) is 31.5 Å². The predicted octanol–water partition coefficient (Wildman–Crippen LogP) is 2.61. The average Bonchev–Trinajstić information content (AvgIpc) is 2.61. The van der Waals surface area contributed by atoms with Crippen LogP contribution in [0.3, 0.4) is 0 Å². The lowest BCUT2D eigenvalue weighted by atomic mass is 10.1. The zero-order valence-electron chi connectivity index (χ0n) is 16.0. The molecule has 2 unspecified atom stereocenters. The van der Waals surface area contributed by atoms with E-state index in [1.54, 1.807) is 19.1 Å². The van der Waals surface area contributed by atoms with Gasteiger partial charge in [0.05, 0.1) is 24.9 Å². The smallest absolute Gasteiger partial charge is 0.194 e. The van der Waals surface area contributed by atoms with Gasteiger partial charge in [0.15, 0.2) is 15.8 Å². The summed E-state index contributed by atoms with van der Waals surface area (Å²) in [6.45, 7) is 7.73. The molecule has 154 valence electrons. The Hall–Kier alpha value is -0.940. The third kappa shape index (κ3) is 7.53. The van der Waals surface area contributed by atoms with Crippen molar-refractivity contribution < 1.29 is 17.5 Å². The molecule has 2 rings (SSSR count). The predicted molar refractivity (Wildman–Crippen MR) is 117 cm³/mol. The zero-order valence-corrected chi connectivity index (χ0v) is 19.2. The molecule has 1 fully saturated rings. The first-order valence-corrected chi connectivity index (χ1v) is 10.8. The van der Waals surface area contributed by atoms with E-state index < -0.39 is 9.84 Å². The van der Waals surface area contributed by atoms with Gasteiger partial charge in [-0.3, -0.25) is 4.99 Å². The van der Waals surface area contributed by atoms with Crippen LogP contribution in [-0.4, -0.2) is 63.1 Å². The molecule has 1 aliphatic rings. The lowest BCUT2D eigenvalue weighted by Gasteiger charge is -2.38. The fraction of sp³-hybridized carbons (Fsp3) is 0.611. The number of aliphatic imine (C=N–C) groups is 1. The molecule has 1 aromatic rings.